The minimum atomic E-state index is 0.730. The molecule has 0 atom stereocenters. The first-order valence-electron chi connectivity index (χ1n) is 5.99. The van der Waals surface area contributed by atoms with E-state index < -0.39 is 0 Å². The number of pyridine rings is 1. The van der Waals surface area contributed by atoms with Crippen molar-refractivity contribution in [1.29, 1.82) is 0 Å². The predicted molar refractivity (Wildman–Crippen MR) is 74.0 cm³/mol. The fourth-order valence-corrected chi connectivity index (χ4v) is 1.75. The lowest BCUT2D eigenvalue weighted by atomic mass is 10.2. The molecule has 0 fully saturated rings. The van der Waals surface area contributed by atoms with Crippen molar-refractivity contribution in [2.75, 3.05) is 12.4 Å². The summed E-state index contributed by atoms with van der Waals surface area (Å²) in [5.74, 6) is 0.881. The quantitative estimate of drug-likeness (QED) is 0.893. The molecule has 0 bridgehead atoms. The van der Waals surface area contributed by atoms with Crippen LogP contribution in [0.15, 0.2) is 36.5 Å². The van der Waals surface area contributed by atoms with Crippen LogP contribution in [0.2, 0.25) is 0 Å². The second kappa shape index (κ2) is 5.54. The van der Waals surface area contributed by atoms with E-state index in [1.807, 2.05) is 37.4 Å². The molecule has 0 aliphatic carbocycles. The lowest BCUT2D eigenvalue weighted by Crippen LogP contribution is -2.03. The van der Waals surface area contributed by atoms with Gasteiger partial charge in [0, 0.05) is 11.9 Å². The van der Waals surface area contributed by atoms with Crippen molar-refractivity contribution in [2.45, 2.75) is 20.4 Å². The first-order valence-corrected chi connectivity index (χ1v) is 5.99. The van der Waals surface area contributed by atoms with Crippen molar-refractivity contribution in [2.24, 2.45) is 0 Å². The summed E-state index contributed by atoms with van der Waals surface area (Å²) in [6.07, 6.45) is 1.89. The van der Waals surface area contributed by atoms with Gasteiger partial charge < -0.3 is 10.1 Å². The van der Waals surface area contributed by atoms with E-state index in [2.05, 4.69) is 23.3 Å². The minimum Gasteiger partial charge on any atom is -0.497 e. The zero-order valence-corrected chi connectivity index (χ0v) is 11.0. The Morgan fingerprint density at radius 1 is 1.17 bits per heavy atom. The fourth-order valence-electron chi connectivity index (χ4n) is 1.75. The van der Waals surface area contributed by atoms with Gasteiger partial charge in [-0.1, -0.05) is 6.07 Å². The molecule has 3 heteroatoms. The van der Waals surface area contributed by atoms with Crippen LogP contribution in [0.4, 0.5) is 5.69 Å². The second-order valence-corrected chi connectivity index (χ2v) is 4.36. The van der Waals surface area contributed by atoms with Crippen molar-refractivity contribution >= 4 is 5.69 Å². The standard InChI is InChI=1S/C15H18N2O/c1-11-4-5-13(16-9-11)10-17-15-7-6-14(18-3)8-12(15)2/h4-9,17H,10H2,1-3H3. The molecule has 3 nitrogen and oxygen atoms in total. The Morgan fingerprint density at radius 2 is 2.00 bits per heavy atom. The van der Waals surface area contributed by atoms with E-state index >= 15 is 0 Å². The van der Waals surface area contributed by atoms with E-state index in [1.54, 1.807) is 7.11 Å². The number of nitrogens with zero attached hydrogens (tertiary/aromatic N) is 1. The molecule has 1 N–H and O–H groups in total. The highest BCUT2D eigenvalue weighted by molar-refractivity contribution is 5.53. The number of anilines is 1. The molecule has 1 aromatic carbocycles. The third-order valence-electron chi connectivity index (χ3n) is 2.87. The lowest BCUT2D eigenvalue weighted by molar-refractivity contribution is 0.414. The Hall–Kier alpha value is -2.03. The molecule has 0 amide bonds. The number of aryl methyl sites for hydroxylation is 2. The first-order chi connectivity index (χ1) is 8.69. The maximum atomic E-state index is 5.19. The van der Waals surface area contributed by atoms with E-state index in [0.29, 0.717) is 0 Å². The maximum absolute atomic E-state index is 5.19. The van der Waals surface area contributed by atoms with Crippen molar-refractivity contribution in [1.82, 2.24) is 4.98 Å². The molecule has 2 rings (SSSR count). The highest BCUT2D eigenvalue weighted by Crippen LogP contribution is 2.21. The summed E-state index contributed by atoms with van der Waals surface area (Å²) in [5.41, 5.74) is 4.50. The number of rotatable bonds is 4. The van der Waals surface area contributed by atoms with E-state index in [4.69, 9.17) is 4.74 Å². The average Bonchev–Trinajstić information content (AvgIpc) is 2.39. The van der Waals surface area contributed by atoms with Crippen LogP contribution in [0.3, 0.4) is 0 Å². The minimum absolute atomic E-state index is 0.730. The predicted octanol–water partition coefficient (Wildman–Crippen LogP) is 3.32. The summed E-state index contributed by atoms with van der Waals surface area (Å²) >= 11 is 0. The monoisotopic (exact) mass is 242 g/mol. The van der Waals surface area contributed by atoms with Gasteiger partial charge in [-0.25, -0.2) is 0 Å². The van der Waals surface area contributed by atoms with E-state index in [9.17, 15) is 0 Å². The largest absolute Gasteiger partial charge is 0.497 e. The number of aromatic nitrogens is 1. The van der Waals surface area contributed by atoms with Crippen LogP contribution in [0.5, 0.6) is 5.75 Å². The molecule has 0 spiro atoms. The van der Waals surface area contributed by atoms with Gasteiger partial charge in [-0.3, -0.25) is 4.98 Å². The Bertz CT molecular complexity index is 521. The first kappa shape index (κ1) is 12.4. The van der Waals surface area contributed by atoms with Crippen LogP contribution in [-0.2, 0) is 6.54 Å². The summed E-state index contributed by atoms with van der Waals surface area (Å²) in [7, 11) is 1.68. The third-order valence-corrected chi connectivity index (χ3v) is 2.87. The van der Waals surface area contributed by atoms with Crippen molar-refractivity contribution in [3.05, 3.63) is 53.3 Å². The van der Waals surface area contributed by atoms with Crippen molar-refractivity contribution in [3.8, 4) is 5.75 Å². The molecular weight excluding hydrogens is 224 g/mol. The highest BCUT2D eigenvalue weighted by atomic mass is 16.5. The van der Waals surface area contributed by atoms with Gasteiger partial charge in [0.15, 0.2) is 0 Å². The van der Waals surface area contributed by atoms with E-state index in [-0.39, 0.29) is 0 Å². The van der Waals surface area contributed by atoms with E-state index in [0.717, 1.165) is 23.7 Å². The summed E-state index contributed by atoms with van der Waals surface area (Å²) < 4.78 is 5.19. The van der Waals surface area contributed by atoms with Gasteiger partial charge in [0.1, 0.15) is 5.75 Å². The molecule has 94 valence electrons. The van der Waals surface area contributed by atoms with Crippen LogP contribution in [-0.4, -0.2) is 12.1 Å². The molecule has 0 aliphatic rings. The molecular formula is C15H18N2O. The number of hydrogen-bond donors (Lipinski definition) is 1. The molecule has 2 aromatic rings. The Kier molecular flexibility index (Phi) is 3.82. The van der Waals surface area contributed by atoms with Crippen LogP contribution < -0.4 is 10.1 Å². The molecule has 0 radical (unpaired) electrons. The van der Waals surface area contributed by atoms with Gasteiger partial charge in [0.2, 0.25) is 0 Å². The van der Waals surface area contributed by atoms with E-state index in [1.165, 1.54) is 11.1 Å². The third kappa shape index (κ3) is 3.00. The number of hydrogen-bond acceptors (Lipinski definition) is 3. The summed E-state index contributed by atoms with van der Waals surface area (Å²) in [4.78, 5) is 4.37. The molecule has 18 heavy (non-hydrogen) atoms. The van der Waals surface area contributed by atoms with Gasteiger partial charge in [-0.2, -0.15) is 0 Å². The van der Waals surface area contributed by atoms with Crippen molar-refractivity contribution in [3.63, 3.8) is 0 Å². The van der Waals surface area contributed by atoms with Crippen LogP contribution in [0.1, 0.15) is 16.8 Å². The number of methoxy groups -OCH3 is 1. The van der Waals surface area contributed by atoms with Gasteiger partial charge >= 0.3 is 0 Å². The molecule has 0 saturated carbocycles. The average molecular weight is 242 g/mol. The molecule has 0 aliphatic heterocycles. The smallest absolute Gasteiger partial charge is 0.119 e. The summed E-state index contributed by atoms with van der Waals surface area (Å²) in [5, 5.41) is 3.38. The highest BCUT2D eigenvalue weighted by Gasteiger charge is 2.00. The second-order valence-electron chi connectivity index (χ2n) is 4.36. The molecule has 1 aromatic heterocycles. The number of benzene rings is 1. The number of ether oxygens (including phenoxy) is 1. The normalized spacial score (nSPS) is 10.2. The molecule has 0 saturated heterocycles. The summed E-state index contributed by atoms with van der Waals surface area (Å²) in [6, 6.07) is 10.1. The molecule has 1 heterocycles. The Balaban J connectivity index is 2.04. The lowest BCUT2D eigenvalue weighted by Gasteiger charge is -2.10. The Labute approximate surface area is 108 Å². The van der Waals surface area contributed by atoms with Crippen LogP contribution >= 0.6 is 0 Å². The van der Waals surface area contributed by atoms with Gasteiger partial charge in [0.25, 0.3) is 0 Å². The van der Waals surface area contributed by atoms with Crippen molar-refractivity contribution < 1.29 is 4.74 Å². The topological polar surface area (TPSA) is 34.1 Å². The Morgan fingerprint density at radius 3 is 2.61 bits per heavy atom. The SMILES string of the molecule is COc1ccc(NCc2ccc(C)cn2)c(C)c1. The molecule has 0 unspecified atom stereocenters. The van der Waals surface area contributed by atoms with Crippen LogP contribution in [0, 0.1) is 13.8 Å². The zero-order chi connectivity index (χ0) is 13.0. The summed E-state index contributed by atoms with van der Waals surface area (Å²) in [6.45, 7) is 4.83. The van der Waals surface area contributed by atoms with Gasteiger partial charge in [0.05, 0.1) is 19.3 Å². The maximum Gasteiger partial charge on any atom is 0.119 e. The van der Waals surface area contributed by atoms with Crippen LogP contribution in [0.25, 0.3) is 0 Å². The number of nitrogens with one attached hydrogen (secondary N) is 1. The van der Waals surface area contributed by atoms with Gasteiger partial charge in [-0.05, 0) is 49.2 Å². The fraction of sp³-hybridized carbons (Fsp3) is 0.267. The zero-order valence-electron chi connectivity index (χ0n) is 11.0. The van der Waals surface area contributed by atoms with Gasteiger partial charge in [-0.15, -0.1) is 0 Å².